The maximum Gasteiger partial charge on any atom is 0.409 e. The Bertz CT molecular complexity index is 829. The van der Waals surface area contributed by atoms with Crippen LogP contribution >= 0.6 is 0 Å². The zero-order valence-corrected chi connectivity index (χ0v) is 19.5. The van der Waals surface area contributed by atoms with E-state index in [9.17, 15) is 9.59 Å². The summed E-state index contributed by atoms with van der Waals surface area (Å²) in [6.07, 6.45) is 2.83. The lowest BCUT2D eigenvalue weighted by molar-refractivity contribution is -0.135. The van der Waals surface area contributed by atoms with Gasteiger partial charge in [0.1, 0.15) is 0 Å². The zero-order valence-electron chi connectivity index (χ0n) is 19.5. The van der Waals surface area contributed by atoms with Crippen LogP contribution < -0.4 is 9.47 Å². The van der Waals surface area contributed by atoms with Gasteiger partial charge in [0, 0.05) is 44.2 Å². The van der Waals surface area contributed by atoms with Gasteiger partial charge in [0.05, 0.1) is 20.8 Å². The van der Waals surface area contributed by atoms with Crippen molar-refractivity contribution in [3.8, 4) is 11.5 Å². The standard InChI is InChI=1S/C24H35N3O5/c1-4-32-23(29)27-14-12-26(13-15-27)22(28)19-16-24(19)8-10-25(11-9-24)17-18-6-5-7-20(30-2)21(18)31-3/h5-7,19H,4,8-17H2,1-3H3/t19-/m0/s1. The summed E-state index contributed by atoms with van der Waals surface area (Å²) in [4.78, 5) is 31.1. The molecule has 0 bridgehead atoms. The van der Waals surface area contributed by atoms with Crippen molar-refractivity contribution in [1.82, 2.24) is 14.7 Å². The molecule has 1 aromatic carbocycles. The molecule has 2 amide bonds. The highest BCUT2D eigenvalue weighted by atomic mass is 16.6. The van der Waals surface area contributed by atoms with Crippen molar-refractivity contribution >= 4 is 12.0 Å². The molecule has 0 aromatic heterocycles. The van der Waals surface area contributed by atoms with E-state index in [-0.39, 0.29) is 23.3 Å². The Morgan fingerprint density at radius 3 is 2.31 bits per heavy atom. The van der Waals surface area contributed by atoms with Crippen LogP contribution in [-0.4, -0.2) is 86.8 Å². The van der Waals surface area contributed by atoms with Gasteiger partial charge >= 0.3 is 6.09 Å². The molecule has 1 atom stereocenters. The smallest absolute Gasteiger partial charge is 0.409 e. The van der Waals surface area contributed by atoms with E-state index >= 15 is 0 Å². The quantitative estimate of drug-likeness (QED) is 0.670. The number of nitrogens with zero attached hydrogens (tertiary/aromatic N) is 3. The fourth-order valence-corrected chi connectivity index (χ4v) is 5.27. The van der Waals surface area contributed by atoms with Gasteiger partial charge in [-0.15, -0.1) is 0 Å². The predicted octanol–water partition coefficient (Wildman–Crippen LogP) is 2.61. The van der Waals surface area contributed by atoms with E-state index in [0.717, 1.165) is 56.0 Å². The molecule has 0 N–H and O–H groups in total. The average Bonchev–Trinajstić information content (AvgIpc) is 3.53. The van der Waals surface area contributed by atoms with E-state index in [4.69, 9.17) is 14.2 Å². The first-order chi connectivity index (χ1) is 15.5. The first-order valence-electron chi connectivity index (χ1n) is 11.6. The normalized spacial score (nSPS) is 22.5. The molecule has 176 valence electrons. The van der Waals surface area contributed by atoms with E-state index in [1.807, 2.05) is 24.0 Å². The number of methoxy groups -OCH3 is 2. The van der Waals surface area contributed by atoms with Crippen molar-refractivity contribution in [3.63, 3.8) is 0 Å². The molecular formula is C24H35N3O5. The summed E-state index contributed by atoms with van der Waals surface area (Å²) >= 11 is 0. The van der Waals surface area contributed by atoms with Gasteiger partial charge < -0.3 is 24.0 Å². The molecule has 3 aliphatic rings. The largest absolute Gasteiger partial charge is 0.493 e. The highest BCUT2D eigenvalue weighted by Gasteiger charge is 2.59. The lowest BCUT2D eigenvalue weighted by Crippen LogP contribution is -2.51. The molecular weight excluding hydrogens is 410 g/mol. The molecule has 1 saturated carbocycles. The molecule has 0 unspecified atom stereocenters. The van der Waals surface area contributed by atoms with Crippen LogP contribution in [0.2, 0.25) is 0 Å². The molecule has 0 radical (unpaired) electrons. The second-order valence-corrected chi connectivity index (χ2v) is 9.06. The number of piperazine rings is 1. The molecule has 3 fully saturated rings. The topological polar surface area (TPSA) is 71.6 Å². The van der Waals surface area contributed by atoms with Crippen molar-refractivity contribution in [2.45, 2.75) is 32.7 Å². The summed E-state index contributed by atoms with van der Waals surface area (Å²) in [5.74, 6) is 1.98. The van der Waals surface area contributed by atoms with Gasteiger partial charge in [-0.1, -0.05) is 12.1 Å². The van der Waals surface area contributed by atoms with Crippen molar-refractivity contribution in [2.24, 2.45) is 11.3 Å². The Morgan fingerprint density at radius 2 is 1.69 bits per heavy atom. The molecule has 2 heterocycles. The van der Waals surface area contributed by atoms with Crippen LogP contribution in [0.15, 0.2) is 18.2 Å². The van der Waals surface area contributed by atoms with Crippen LogP contribution in [-0.2, 0) is 16.1 Å². The van der Waals surface area contributed by atoms with Gasteiger partial charge in [-0.25, -0.2) is 4.79 Å². The summed E-state index contributed by atoms with van der Waals surface area (Å²) in [6.45, 7) is 7.30. The maximum atomic E-state index is 13.1. The lowest BCUT2D eigenvalue weighted by Gasteiger charge is -2.36. The highest BCUT2D eigenvalue weighted by molar-refractivity contribution is 5.83. The van der Waals surface area contributed by atoms with E-state index in [1.54, 1.807) is 19.1 Å². The van der Waals surface area contributed by atoms with Gasteiger partial charge in [0.15, 0.2) is 11.5 Å². The van der Waals surface area contributed by atoms with Crippen LogP contribution in [0.25, 0.3) is 0 Å². The summed E-state index contributed by atoms with van der Waals surface area (Å²) in [5, 5.41) is 0. The van der Waals surface area contributed by atoms with E-state index < -0.39 is 0 Å². The lowest BCUT2D eigenvalue weighted by atomic mass is 9.90. The Morgan fingerprint density at radius 1 is 1.00 bits per heavy atom. The van der Waals surface area contributed by atoms with Crippen molar-refractivity contribution in [3.05, 3.63) is 23.8 Å². The monoisotopic (exact) mass is 445 g/mol. The number of piperidine rings is 1. The minimum Gasteiger partial charge on any atom is -0.493 e. The third kappa shape index (κ3) is 4.51. The molecule has 1 aromatic rings. The van der Waals surface area contributed by atoms with Gasteiger partial charge in [0.2, 0.25) is 5.91 Å². The highest BCUT2D eigenvalue weighted by Crippen LogP contribution is 2.60. The van der Waals surface area contributed by atoms with Gasteiger partial charge in [-0.3, -0.25) is 9.69 Å². The van der Waals surface area contributed by atoms with Gasteiger partial charge in [-0.2, -0.15) is 0 Å². The van der Waals surface area contributed by atoms with E-state index in [0.29, 0.717) is 32.8 Å². The third-order valence-corrected chi connectivity index (χ3v) is 7.34. The van der Waals surface area contributed by atoms with Crippen LogP contribution in [0.4, 0.5) is 4.79 Å². The number of carbonyl (C=O) groups excluding carboxylic acids is 2. The number of hydrogen-bond donors (Lipinski definition) is 0. The van der Waals surface area contributed by atoms with Crippen LogP contribution in [0.5, 0.6) is 11.5 Å². The fraction of sp³-hybridized carbons (Fsp3) is 0.667. The molecule has 2 aliphatic heterocycles. The van der Waals surface area contributed by atoms with Crippen molar-refractivity contribution in [2.75, 3.05) is 60.1 Å². The van der Waals surface area contributed by atoms with Crippen LogP contribution in [0.3, 0.4) is 0 Å². The second kappa shape index (κ2) is 9.57. The Balaban J connectivity index is 1.27. The number of rotatable bonds is 6. The molecule has 1 aliphatic carbocycles. The van der Waals surface area contributed by atoms with E-state index in [1.165, 1.54) is 0 Å². The number of carbonyl (C=O) groups is 2. The summed E-state index contributed by atoms with van der Waals surface area (Å²) in [7, 11) is 3.34. The SMILES string of the molecule is CCOC(=O)N1CCN(C(=O)[C@@H]2CC23CCN(Cc2cccc(OC)c2OC)CC3)CC1. The molecule has 32 heavy (non-hydrogen) atoms. The van der Waals surface area contributed by atoms with Crippen molar-refractivity contribution < 1.29 is 23.8 Å². The predicted molar refractivity (Wildman–Crippen MR) is 120 cm³/mol. The van der Waals surface area contributed by atoms with Gasteiger partial charge in [-0.05, 0) is 50.8 Å². The Labute approximate surface area is 190 Å². The first-order valence-corrected chi connectivity index (χ1v) is 11.6. The Kier molecular flexibility index (Phi) is 6.79. The number of benzene rings is 1. The second-order valence-electron chi connectivity index (χ2n) is 9.06. The molecule has 8 nitrogen and oxygen atoms in total. The number of likely N-dealkylation sites (tertiary alicyclic amines) is 1. The molecule has 8 heteroatoms. The van der Waals surface area contributed by atoms with E-state index in [2.05, 4.69) is 11.0 Å². The van der Waals surface area contributed by atoms with Crippen molar-refractivity contribution in [1.29, 1.82) is 0 Å². The van der Waals surface area contributed by atoms with Crippen LogP contribution in [0, 0.1) is 11.3 Å². The molecule has 4 rings (SSSR count). The summed E-state index contributed by atoms with van der Waals surface area (Å²) in [5.41, 5.74) is 1.30. The number of hydrogen-bond acceptors (Lipinski definition) is 6. The van der Waals surface area contributed by atoms with Gasteiger partial charge in [0.25, 0.3) is 0 Å². The molecule has 2 saturated heterocycles. The Hall–Kier alpha value is -2.48. The average molecular weight is 446 g/mol. The minimum absolute atomic E-state index is 0.144. The summed E-state index contributed by atoms with van der Waals surface area (Å²) in [6, 6.07) is 6.00. The fourth-order valence-electron chi connectivity index (χ4n) is 5.27. The minimum atomic E-state index is -0.275. The van der Waals surface area contributed by atoms with Crippen LogP contribution in [0.1, 0.15) is 31.7 Å². The zero-order chi connectivity index (χ0) is 22.7. The number of amides is 2. The third-order valence-electron chi connectivity index (χ3n) is 7.34. The molecule has 1 spiro atoms. The number of para-hydroxylation sites is 1. The first kappa shape index (κ1) is 22.7. The number of ether oxygens (including phenoxy) is 3. The maximum absolute atomic E-state index is 13.1. The summed E-state index contributed by atoms with van der Waals surface area (Å²) < 4.78 is 16.1.